The zero-order chi connectivity index (χ0) is 9.26. The molecule has 0 aliphatic rings. The van der Waals surface area contributed by atoms with Gasteiger partial charge in [-0.15, -0.1) is 0 Å². The molecule has 2 aromatic rings. The number of imidazole rings is 1. The molecule has 0 saturated carbocycles. The minimum atomic E-state index is 1.02. The van der Waals surface area contributed by atoms with Crippen LogP contribution in [0.25, 0.3) is 5.70 Å². The fourth-order valence-electron chi connectivity index (χ4n) is 1.19. The van der Waals surface area contributed by atoms with Crippen molar-refractivity contribution in [2.45, 2.75) is 0 Å². The quantitative estimate of drug-likeness (QED) is 0.641. The van der Waals surface area contributed by atoms with E-state index in [2.05, 4.69) is 23.4 Å². The molecule has 2 heterocycles. The van der Waals surface area contributed by atoms with Crippen LogP contribution in [0.3, 0.4) is 0 Å². The second-order valence-electron chi connectivity index (χ2n) is 2.95. The van der Waals surface area contributed by atoms with Crippen molar-refractivity contribution in [1.82, 2.24) is 4.57 Å². The van der Waals surface area contributed by atoms with Crippen LogP contribution < -0.4 is 4.57 Å². The van der Waals surface area contributed by atoms with Gasteiger partial charge in [0.05, 0.1) is 7.05 Å². The van der Waals surface area contributed by atoms with Gasteiger partial charge in [-0.2, -0.15) is 11.3 Å². The van der Waals surface area contributed by atoms with Gasteiger partial charge in [0.15, 0.2) is 0 Å². The van der Waals surface area contributed by atoms with E-state index in [1.54, 1.807) is 11.3 Å². The fourth-order valence-corrected chi connectivity index (χ4v) is 1.85. The first-order valence-corrected chi connectivity index (χ1v) is 4.97. The van der Waals surface area contributed by atoms with Crippen LogP contribution in [-0.4, -0.2) is 4.57 Å². The van der Waals surface area contributed by atoms with Gasteiger partial charge < -0.3 is 0 Å². The number of rotatable bonds is 2. The summed E-state index contributed by atoms with van der Waals surface area (Å²) >= 11 is 1.69. The SMILES string of the molecule is C=C(c1ccsc1)n1cc[n+](C)c1. The maximum atomic E-state index is 4.04. The average molecular weight is 191 g/mol. The molecule has 0 radical (unpaired) electrons. The highest BCUT2D eigenvalue weighted by Crippen LogP contribution is 2.16. The summed E-state index contributed by atoms with van der Waals surface area (Å²) in [6.45, 7) is 4.04. The van der Waals surface area contributed by atoms with Crippen LogP contribution in [0, 0.1) is 0 Å². The molecule has 0 fully saturated rings. The van der Waals surface area contributed by atoms with Crippen LogP contribution in [-0.2, 0) is 7.05 Å². The first kappa shape index (κ1) is 8.26. The van der Waals surface area contributed by atoms with Crippen molar-refractivity contribution in [2.75, 3.05) is 0 Å². The summed E-state index contributed by atoms with van der Waals surface area (Å²) in [5, 5.41) is 4.16. The van der Waals surface area contributed by atoms with Crippen LogP contribution in [0.5, 0.6) is 0 Å². The maximum Gasteiger partial charge on any atom is 0.248 e. The van der Waals surface area contributed by atoms with E-state index in [-0.39, 0.29) is 0 Å². The minimum Gasteiger partial charge on any atom is -0.239 e. The van der Waals surface area contributed by atoms with Gasteiger partial charge in [0, 0.05) is 10.9 Å². The van der Waals surface area contributed by atoms with Gasteiger partial charge >= 0.3 is 0 Å². The summed E-state index contributed by atoms with van der Waals surface area (Å²) in [6.07, 6.45) is 6.00. The maximum absolute atomic E-state index is 4.04. The molecule has 0 amide bonds. The molecule has 2 nitrogen and oxygen atoms in total. The zero-order valence-corrected chi connectivity index (χ0v) is 8.29. The largest absolute Gasteiger partial charge is 0.248 e. The smallest absolute Gasteiger partial charge is 0.239 e. The van der Waals surface area contributed by atoms with Crippen molar-refractivity contribution >= 4 is 17.0 Å². The molecule has 0 saturated heterocycles. The lowest BCUT2D eigenvalue weighted by atomic mass is 10.3. The van der Waals surface area contributed by atoms with Crippen molar-refractivity contribution in [3.63, 3.8) is 0 Å². The second kappa shape index (κ2) is 3.18. The minimum absolute atomic E-state index is 1.02. The highest BCUT2D eigenvalue weighted by atomic mass is 32.1. The summed E-state index contributed by atoms with van der Waals surface area (Å²) in [6, 6.07) is 2.08. The Kier molecular flexibility index (Phi) is 2.02. The molecule has 0 N–H and O–H groups in total. The zero-order valence-electron chi connectivity index (χ0n) is 7.47. The molecule has 13 heavy (non-hydrogen) atoms. The van der Waals surface area contributed by atoms with Crippen LogP contribution in [0.1, 0.15) is 5.56 Å². The Balaban J connectivity index is 2.33. The topological polar surface area (TPSA) is 8.81 Å². The van der Waals surface area contributed by atoms with Gasteiger partial charge in [-0.1, -0.05) is 6.58 Å². The number of aromatic nitrogens is 2. The highest BCUT2D eigenvalue weighted by Gasteiger charge is 2.07. The summed E-state index contributed by atoms with van der Waals surface area (Å²) in [5.41, 5.74) is 2.20. The first-order chi connectivity index (χ1) is 6.27. The number of nitrogens with zero attached hydrogens (tertiary/aromatic N) is 2. The van der Waals surface area contributed by atoms with E-state index in [1.165, 1.54) is 5.56 Å². The fraction of sp³-hybridized carbons (Fsp3) is 0.100. The lowest BCUT2D eigenvalue weighted by Gasteiger charge is -1.95. The molecule has 3 heteroatoms. The number of thiophene rings is 1. The number of hydrogen-bond acceptors (Lipinski definition) is 1. The third kappa shape index (κ3) is 1.55. The normalized spacial score (nSPS) is 10.2. The predicted octanol–water partition coefficient (Wildman–Crippen LogP) is 1.89. The summed E-state index contributed by atoms with van der Waals surface area (Å²) in [5.74, 6) is 0. The van der Waals surface area contributed by atoms with Crippen molar-refractivity contribution in [3.05, 3.63) is 47.7 Å². The monoisotopic (exact) mass is 191 g/mol. The Hall–Kier alpha value is -1.35. The molecule has 0 aliphatic heterocycles. The molecular formula is C10H11N2S+. The van der Waals surface area contributed by atoms with Gasteiger partial charge in [0.2, 0.25) is 6.33 Å². The molecule has 0 spiro atoms. The van der Waals surface area contributed by atoms with Crippen LogP contribution in [0.2, 0.25) is 0 Å². The van der Waals surface area contributed by atoms with Crippen molar-refractivity contribution in [3.8, 4) is 0 Å². The summed E-state index contributed by atoms with van der Waals surface area (Å²) < 4.78 is 4.01. The lowest BCUT2D eigenvalue weighted by Crippen LogP contribution is -2.23. The molecule has 0 aromatic carbocycles. The molecule has 2 rings (SSSR count). The standard InChI is InChI=1S/C10H11N2S/c1-9(10-3-6-13-7-10)12-5-4-11(2)8-12/h3-8H,1H2,2H3/q+1. The Morgan fingerprint density at radius 2 is 2.46 bits per heavy atom. The van der Waals surface area contributed by atoms with Crippen LogP contribution >= 0.6 is 11.3 Å². The van der Waals surface area contributed by atoms with Gasteiger partial charge in [-0.3, -0.25) is 0 Å². The molecule has 0 aliphatic carbocycles. The first-order valence-electron chi connectivity index (χ1n) is 4.02. The number of aryl methyl sites for hydroxylation is 1. The summed E-state index contributed by atoms with van der Waals surface area (Å²) in [4.78, 5) is 0. The van der Waals surface area contributed by atoms with E-state index < -0.39 is 0 Å². The Bertz CT molecular complexity index is 412. The molecule has 0 bridgehead atoms. The third-order valence-corrected chi connectivity index (χ3v) is 2.62. The van der Waals surface area contributed by atoms with E-state index in [9.17, 15) is 0 Å². The predicted molar refractivity (Wildman–Crippen MR) is 54.4 cm³/mol. The van der Waals surface area contributed by atoms with Gasteiger partial charge in [-0.05, 0) is 11.4 Å². The van der Waals surface area contributed by atoms with E-state index >= 15 is 0 Å². The molecule has 66 valence electrons. The van der Waals surface area contributed by atoms with Crippen molar-refractivity contribution in [2.24, 2.45) is 7.05 Å². The molecule has 2 aromatic heterocycles. The lowest BCUT2D eigenvalue weighted by molar-refractivity contribution is -0.670. The Morgan fingerprint density at radius 1 is 1.62 bits per heavy atom. The van der Waals surface area contributed by atoms with E-state index in [0.717, 1.165) is 5.70 Å². The van der Waals surface area contributed by atoms with E-state index in [0.29, 0.717) is 0 Å². The van der Waals surface area contributed by atoms with Crippen LogP contribution in [0.15, 0.2) is 42.1 Å². The Labute approximate surface area is 81.4 Å². The van der Waals surface area contributed by atoms with E-state index in [4.69, 9.17) is 0 Å². The number of hydrogen-bond donors (Lipinski definition) is 0. The van der Waals surface area contributed by atoms with E-state index in [1.807, 2.05) is 34.9 Å². The molecule has 0 unspecified atom stereocenters. The molecular weight excluding hydrogens is 180 g/mol. The third-order valence-electron chi connectivity index (χ3n) is 1.94. The van der Waals surface area contributed by atoms with Crippen LogP contribution in [0.4, 0.5) is 0 Å². The summed E-state index contributed by atoms with van der Waals surface area (Å²) in [7, 11) is 2.00. The van der Waals surface area contributed by atoms with Gasteiger partial charge in [-0.25, -0.2) is 9.13 Å². The average Bonchev–Trinajstić information content (AvgIpc) is 2.72. The van der Waals surface area contributed by atoms with Crippen molar-refractivity contribution < 1.29 is 4.57 Å². The highest BCUT2D eigenvalue weighted by molar-refractivity contribution is 7.08. The Morgan fingerprint density at radius 3 is 3.00 bits per heavy atom. The molecule has 0 atom stereocenters. The van der Waals surface area contributed by atoms with Gasteiger partial charge in [0.1, 0.15) is 18.1 Å². The second-order valence-corrected chi connectivity index (χ2v) is 3.73. The van der Waals surface area contributed by atoms with Crippen molar-refractivity contribution in [1.29, 1.82) is 0 Å². The van der Waals surface area contributed by atoms with Gasteiger partial charge in [0.25, 0.3) is 0 Å².